The lowest BCUT2D eigenvalue weighted by molar-refractivity contribution is 0.424. The summed E-state index contributed by atoms with van der Waals surface area (Å²) in [6.07, 6.45) is 7.95. The molecule has 1 aromatic rings. The van der Waals surface area contributed by atoms with Crippen LogP contribution in [0, 0.1) is 5.41 Å². The van der Waals surface area contributed by atoms with E-state index in [-0.39, 0.29) is 5.84 Å². The second-order valence-corrected chi connectivity index (χ2v) is 4.56. The Labute approximate surface area is 102 Å². The van der Waals surface area contributed by atoms with Crippen molar-refractivity contribution < 1.29 is 0 Å². The number of nitrogen functional groups attached to an aromatic ring is 1. The average Bonchev–Trinajstić information content (AvgIpc) is 2.39. The van der Waals surface area contributed by atoms with E-state index in [1.807, 2.05) is 7.05 Å². The van der Waals surface area contributed by atoms with Crippen LogP contribution in [0.1, 0.15) is 37.8 Å². The van der Waals surface area contributed by atoms with Crippen LogP contribution in [-0.4, -0.2) is 28.9 Å². The van der Waals surface area contributed by atoms with Gasteiger partial charge in [0.15, 0.2) is 0 Å². The predicted molar refractivity (Wildman–Crippen MR) is 68.3 cm³/mol. The van der Waals surface area contributed by atoms with Crippen LogP contribution >= 0.6 is 0 Å². The number of nitrogens with two attached hydrogens (primary N) is 1. The van der Waals surface area contributed by atoms with Gasteiger partial charge in [-0.2, -0.15) is 0 Å². The molecule has 1 aliphatic rings. The first kappa shape index (κ1) is 11.8. The van der Waals surface area contributed by atoms with Gasteiger partial charge in [-0.1, -0.05) is 19.3 Å². The molecule has 0 aliphatic heterocycles. The molecular formula is C12H19N5. The highest BCUT2D eigenvalue weighted by molar-refractivity contribution is 5.93. The van der Waals surface area contributed by atoms with E-state index in [9.17, 15) is 0 Å². The molecule has 0 radical (unpaired) electrons. The van der Waals surface area contributed by atoms with Crippen LogP contribution in [0.15, 0.2) is 12.3 Å². The highest BCUT2D eigenvalue weighted by atomic mass is 15.3. The van der Waals surface area contributed by atoms with Gasteiger partial charge in [-0.3, -0.25) is 5.41 Å². The lowest BCUT2D eigenvalue weighted by Gasteiger charge is -2.31. The van der Waals surface area contributed by atoms with Gasteiger partial charge in [0.25, 0.3) is 0 Å². The van der Waals surface area contributed by atoms with Gasteiger partial charge in [0.2, 0.25) is 5.95 Å². The summed E-state index contributed by atoms with van der Waals surface area (Å²) in [4.78, 5) is 10.7. The van der Waals surface area contributed by atoms with Crippen LogP contribution < -0.4 is 10.6 Å². The first-order valence-electron chi connectivity index (χ1n) is 6.09. The van der Waals surface area contributed by atoms with Gasteiger partial charge in [-0.25, -0.2) is 9.97 Å². The Hall–Kier alpha value is -1.65. The van der Waals surface area contributed by atoms with Crippen molar-refractivity contribution >= 4 is 11.8 Å². The summed E-state index contributed by atoms with van der Waals surface area (Å²) in [5.74, 6) is 0.662. The predicted octanol–water partition coefficient (Wildman–Crippen LogP) is 1.53. The first-order chi connectivity index (χ1) is 8.18. The molecule has 5 nitrogen and oxygen atoms in total. The summed E-state index contributed by atoms with van der Waals surface area (Å²) in [7, 11) is 2.02. The molecule has 0 atom stereocenters. The molecule has 0 spiro atoms. The largest absolute Gasteiger partial charge is 0.382 e. The second-order valence-electron chi connectivity index (χ2n) is 4.56. The van der Waals surface area contributed by atoms with Crippen LogP contribution in [0.5, 0.6) is 0 Å². The third kappa shape index (κ3) is 2.72. The highest BCUT2D eigenvalue weighted by Gasteiger charge is 2.20. The Bertz CT molecular complexity index is 398. The number of hydrogen-bond acceptors (Lipinski definition) is 4. The molecule has 92 valence electrons. The summed E-state index contributed by atoms with van der Waals surface area (Å²) in [6.45, 7) is 0. The second kappa shape index (κ2) is 5.12. The van der Waals surface area contributed by atoms with Gasteiger partial charge in [0, 0.05) is 19.3 Å². The number of nitrogens with one attached hydrogen (secondary N) is 1. The zero-order valence-corrected chi connectivity index (χ0v) is 10.2. The summed E-state index contributed by atoms with van der Waals surface area (Å²) in [6, 6.07) is 2.19. The maximum atomic E-state index is 7.39. The lowest BCUT2D eigenvalue weighted by Crippen LogP contribution is -2.35. The number of nitrogens with zero attached hydrogens (tertiary/aromatic N) is 3. The van der Waals surface area contributed by atoms with E-state index in [4.69, 9.17) is 11.1 Å². The average molecular weight is 233 g/mol. The topological polar surface area (TPSA) is 78.9 Å². The molecule has 2 rings (SSSR count). The van der Waals surface area contributed by atoms with E-state index < -0.39 is 0 Å². The quantitative estimate of drug-likeness (QED) is 0.613. The van der Waals surface area contributed by atoms with Gasteiger partial charge in [0.05, 0.1) is 0 Å². The van der Waals surface area contributed by atoms with E-state index in [0.717, 1.165) is 0 Å². The fourth-order valence-electron chi connectivity index (χ4n) is 2.30. The molecule has 0 aromatic carbocycles. The van der Waals surface area contributed by atoms with Crippen molar-refractivity contribution in [2.75, 3.05) is 11.9 Å². The van der Waals surface area contributed by atoms with Crippen LogP contribution in [0.3, 0.4) is 0 Å². The summed E-state index contributed by atoms with van der Waals surface area (Å²) >= 11 is 0. The molecule has 0 unspecified atom stereocenters. The minimum absolute atomic E-state index is 0.00862. The van der Waals surface area contributed by atoms with Gasteiger partial charge in [0.1, 0.15) is 11.5 Å². The number of hydrogen-bond donors (Lipinski definition) is 2. The molecule has 1 fully saturated rings. The summed E-state index contributed by atoms with van der Waals surface area (Å²) in [5, 5.41) is 7.39. The first-order valence-corrected chi connectivity index (χ1v) is 6.09. The summed E-state index contributed by atoms with van der Waals surface area (Å²) < 4.78 is 0. The molecule has 3 N–H and O–H groups in total. The van der Waals surface area contributed by atoms with E-state index in [0.29, 0.717) is 17.7 Å². The molecule has 1 aromatic heterocycles. The van der Waals surface area contributed by atoms with Crippen LogP contribution in [-0.2, 0) is 0 Å². The standard InChI is InChI=1S/C12H19N5/c1-17(9-5-3-2-4-6-9)12-15-8-7-10(16-12)11(13)14/h7-9H,2-6H2,1H3,(H3,13,14). The zero-order valence-electron chi connectivity index (χ0n) is 10.2. The van der Waals surface area contributed by atoms with Crippen molar-refractivity contribution in [3.8, 4) is 0 Å². The Morgan fingerprint density at radius 1 is 1.41 bits per heavy atom. The van der Waals surface area contributed by atoms with Crippen molar-refractivity contribution in [3.63, 3.8) is 0 Å². The van der Waals surface area contributed by atoms with E-state index in [1.165, 1.54) is 32.1 Å². The molecular weight excluding hydrogens is 214 g/mol. The number of amidine groups is 1. The zero-order chi connectivity index (χ0) is 12.3. The molecule has 1 saturated carbocycles. The van der Waals surface area contributed by atoms with Crippen molar-refractivity contribution in [3.05, 3.63) is 18.0 Å². The maximum absolute atomic E-state index is 7.39. The Morgan fingerprint density at radius 2 is 2.12 bits per heavy atom. The van der Waals surface area contributed by atoms with Crippen molar-refractivity contribution in [1.29, 1.82) is 5.41 Å². The third-order valence-corrected chi connectivity index (χ3v) is 3.36. The fraction of sp³-hybridized carbons (Fsp3) is 0.583. The minimum atomic E-state index is -0.00862. The molecule has 0 saturated heterocycles. The molecule has 5 heteroatoms. The third-order valence-electron chi connectivity index (χ3n) is 3.36. The van der Waals surface area contributed by atoms with Gasteiger partial charge >= 0.3 is 0 Å². The Kier molecular flexibility index (Phi) is 3.56. The molecule has 17 heavy (non-hydrogen) atoms. The maximum Gasteiger partial charge on any atom is 0.225 e. The van der Waals surface area contributed by atoms with Crippen molar-refractivity contribution in [2.24, 2.45) is 5.73 Å². The van der Waals surface area contributed by atoms with Gasteiger partial charge in [-0.15, -0.1) is 0 Å². The molecule has 0 amide bonds. The van der Waals surface area contributed by atoms with Crippen molar-refractivity contribution in [2.45, 2.75) is 38.1 Å². The molecule has 0 bridgehead atoms. The number of anilines is 1. The molecule has 1 aliphatic carbocycles. The summed E-state index contributed by atoms with van der Waals surface area (Å²) in [5.41, 5.74) is 5.93. The SMILES string of the molecule is CN(c1nccc(C(=N)N)n1)C1CCCCC1. The Balaban J connectivity index is 2.14. The molecule has 1 heterocycles. The van der Waals surface area contributed by atoms with E-state index in [2.05, 4.69) is 14.9 Å². The van der Waals surface area contributed by atoms with Crippen LogP contribution in [0.4, 0.5) is 5.95 Å². The van der Waals surface area contributed by atoms with Crippen LogP contribution in [0.25, 0.3) is 0 Å². The van der Waals surface area contributed by atoms with Crippen LogP contribution in [0.2, 0.25) is 0 Å². The minimum Gasteiger partial charge on any atom is -0.382 e. The normalized spacial score (nSPS) is 16.8. The monoisotopic (exact) mass is 233 g/mol. The van der Waals surface area contributed by atoms with E-state index >= 15 is 0 Å². The fourth-order valence-corrected chi connectivity index (χ4v) is 2.30. The highest BCUT2D eigenvalue weighted by Crippen LogP contribution is 2.23. The van der Waals surface area contributed by atoms with E-state index in [1.54, 1.807) is 12.3 Å². The number of rotatable bonds is 3. The Morgan fingerprint density at radius 3 is 2.76 bits per heavy atom. The lowest BCUT2D eigenvalue weighted by atomic mass is 9.95. The number of aromatic nitrogens is 2. The van der Waals surface area contributed by atoms with Crippen molar-refractivity contribution in [1.82, 2.24) is 9.97 Å². The van der Waals surface area contributed by atoms with Gasteiger partial charge < -0.3 is 10.6 Å². The van der Waals surface area contributed by atoms with Gasteiger partial charge in [-0.05, 0) is 18.9 Å². The smallest absolute Gasteiger partial charge is 0.225 e.